The fourth-order valence-electron chi connectivity index (χ4n) is 2.67. The van der Waals surface area contributed by atoms with Gasteiger partial charge in [0.25, 0.3) is 0 Å². The molecule has 3 rings (SSSR count). The highest BCUT2D eigenvalue weighted by Gasteiger charge is 2.19. The van der Waals surface area contributed by atoms with Crippen molar-refractivity contribution >= 4 is 40.8 Å². The molecule has 0 fully saturated rings. The van der Waals surface area contributed by atoms with Crippen molar-refractivity contribution in [2.24, 2.45) is 0 Å². The van der Waals surface area contributed by atoms with E-state index in [0.717, 1.165) is 12.0 Å². The summed E-state index contributed by atoms with van der Waals surface area (Å²) in [5.74, 6) is -0.474. The number of carbonyl (C=O) groups excluding carboxylic acids is 1. The highest BCUT2D eigenvalue weighted by atomic mass is 35.5. The number of hydrogen-bond acceptors (Lipinski definition) is 3. The second-order valence-corrected chi connectivity index (χ2v) is 7.36. The van der Waals surface area contributed by atoms with Gasteiger partial charge in [0.05, 0.1) is 23.5 Å². The molecule has 0 aliphatic rings. The third-order valence-electron chi connectivity index (χ3n) is 4.07. The third kappa shape index (κ3) is 5.73. The van der Waals surface area contributed by atoms with E-state index in [1.807, 2.05) is 35.0 Å². The van der Waals surface area contributed by atoms with Crippen molar-refractivity contribution in [3.05, 3.63) is 87.4 Å². The summed E-state index contributed by atoms with van der Waals surface area (Å²) in [5.41, 5.74) is 1.42. The summed E-state index contributed by atoms with van der Waals surface area (Å²) in [6.07, 6.45) is 6.27. The SMILES string of the molecule is O=C(OC(CCc1ccc(Cl)cc1)Cn1ccnc1)c1ccc(Cl)cc1Cl. The Kier molecular flexibility index (Phi) is 6.78. The first-order chi connectivity index (χ1) is 13.0. The molecule has 0 spiro atoms. The molecule has 0 saturated carbocycles. The fourth-order valence-corrected chi connectivity index (χ4v) is 3.28. The van der Waals surface area contributed by atoms with Crippen molar-refractivity contribution < 1.29 is 9.53 Å². The zero-order chi connectivity index (χ0) is 19.2. The van der Waals surface area contributed by atoms with Crippen LogP contribution < -0.4 is 0 Å². The summed E-state index contributed by atoms with van der Waals surface area (Å²) in [7, 11) is 0. The lowest BCUT2D eigenvalue weighted by molar-refractivity contribution is 0.0240. The predicted octanol–water partition coefficient (Wildman–Crippen LogP) is 5.70. The van der Waals surface area contributed by atoms with E-state index < -0.39 is 5.97 Å². The Morgan fingerprint density at radius 1 is 1.07 bits per heavy atom. The maximum atomic E-state index is 12.6. The van der Waals surface area contributed by atoms with Gasteiger partial charge in [-0.3, -0.25) is 0 Å². The van der Waals surface area contributed by atoms with Crippen molar-refractivity contribution in [2.75, 3.05) is 0 Å². The van der Waals surface area contributed by atoms with Gasteiger partial charge in [-0.2, -0.15) is 0 Å². The number of halogens is 3. The lowest BCUT2D eigenvalue weighted by atomic mass is 10.1. The standard InChI is InChI=1S/C20H17Cl3N2O2/c21-15-4-1-14(2-5-15)3-7-17(12-25-10-9-24-13-25)27-20(26)18-8-6-16(22)11-19(18)23/h1-2,4-6,8-11,13,17H,3,7,12H2. The molecule has 1 heterocycles. The van der Waals surface area contributed by atoms with Crippen molar-refractivity contribution in [3.8, 4) is 0 Å². The summed E-state index contributed by atoms with van der Waals surface area (Å²) in [6.45, 7) is 0.505. The zero-order valence-corrected chi connectivity index (χ0v) is 16.6. The predicted molar refractivity (Wildman–Crippen MR) is 108 cm³/mol. The van der Waals surface area contributed by atoms with Crippen LogP contribution in [0.4, 0.5) is 0 Å². The second-order valence-electron chi connectivity index (χ2n) is 6.08. The van der Waals surface area contributed by atoms with Gasteiger partial charge in [0.15, 0.2) is 0 Å². The summed E-state index contributed by atoms with van der Waals surface area (Å²) in [6, 6.07) is 12.3. The first kappa shape index (κ1) is 19.7. The Balaban J connectivity index is 1.70. The number of rotatable bonds is 7. The van der Waals surface area contributed by atoms with E-state index in [9.17, 15) is 4.79 Å². The van der Waals surface area contributed by atoms with Crippen LogP contribution in [0.25, 0.3) is 0 Å². The highest BCUT2D eigenvalue weighted by molar-refractivity contribution is 6.36. The molecule has 0 aliphatic heterocycles. The molecule has 0 N–H and O–H groups in total. The van der Waals surface area contributed by atoms with Crippen LogP contribution >= 0.6 is 34.8 Å². The molecule has 1 aromatic heterocycles. The van der Waals surface area contributed by atoms with Crippen LogP contribution in [0.3, 0.4) is 0 Å². The second kappa shape index (κ2) is 9.27. The van der Waals surface area contributed by atoms with Gasteiger partial charge < -0.3 is 9.30 Å². The van der Waals surface area contributed by atoms with Crippen molar-refractivity contribution in [3.63, 3.8) is 0 Å². The minimum Gasteiger partial charge on any atom is -0.457 e. The van der Waals surface area contributed by atoms with E-state index in [1.165, 1.54) is 6.07 Å². The molecule has 0 bridgehead atoms. The van der Waals surface area contributed by atoms with Gasteiger partial charge in [0.2, 0.25) is 0 Å². The zero-order valence-electron chi connectivity index (χ0n) is 14.3. The van der Waals surface area contributed by atoms with E-state index in [0.29, 0.717) is 28.6 Å². The Morgan fingerprint density at radius 3 is 2.48 bits per heavy atom. The van der Waals surface area contributed by atoms with Crippen molar-refractivity contribution in [2.45, 2.75) is 25.5 Å². The molecule has 0 saturated heterocycles. The van der Waals surface area contributed by atoms with Crippen molar-refractivity contribution in [1.82, 2.24) is 9.55 Å². The maximum Gasteiger partial charge on any atom is 0.339 e. The van der Waals surface area contributed by atoms with E-state index in [2.05, 4.69) is 4.98 Å². The Bertz CT molecular complexity index is 896. The van der Waals surface area contributed by atoms with Crippen LogP contribution in [-0.2, 0) is 17.7 Å². The first-order valence-electron chi connectivity index (χ1n) is 8.37. The molecular formula is C20H17Cl3N2O2. The summed E-state index contributed by atoms with van der Waals surface area (Å²) < 4.78 is 7.61. The van der Waals surface area contributed by atoms with Gasteiger partial charge in [0, 0.05) is 22.4 Å². The molecule has 0 aliphatic carbocycles. The van der Waals surface area contributed by atoms with Gasteiger partial charge in [-0.15, -0.1) is 0 Å². The summed E-state index contributed by atoms with van der Waals surface area (Å²) in [5, 5.41) is 1.43. The minimum absolute atomic E-state index is 0.270. The number of carbonyl (C=O) groups is 1. The average Bonchev–Trinajstić information content (AvgIpc) is 3.14. The lowest BCUT2D eigenvalue weighted by Gasteiger charge is -2.19. The molecule has 0 amide bonds. The van der Waals surface area contributed by atoms with Crippen molar-refractivity contribution in [1.29, 1.82) is 0 Å². The molecule has 2 aromatic carbocycles. The largest absolute Gasteiger partial charge is 0.457 e. The molecule has 140 valence electrons. The minimum atomic E-state index is -0.474. The molecule has 27 heavy (non-hydrogen) atoms. The number of ether oxygens (including phenoxy) is 1. The number of nitrogens with zero attached hydrogens (tertiary/aromatic N) is 2. The van der Waals surface area contributed by atoms with Crippen LogP contribution in [0.2, 0.25) is 15.1 Å². The topological polar surface area (TPSA) is 44.1 Å². The highest BCUT2D eigenvalue weighted by Crippen LogP contribution is 2.23. The van der Waals surface area contributed by atoms with E-state index >= 15 is 0 Å². The molecule has 0 radical (unpaired) electrons. The van der Waals surface area contributed by atoms with Gasteiger partial charge in [-0.1, -0.05) is 46.9 Å². The number of imidazole rings is 1. The first-order valence-corrected chi connectivity index (χ1v) is 9.51. The number of aromatic nitrogens is 2. The van der Waals surface area contributed by atoms with E-state index in [-0.39, 0.29) is 11.1 Å². The van der Waals surface area contributed by atoms with E-state index in [1.54, 1.807) is 24.7 Å². The smallest absolute Gasteiger partial charge is 0.339 e. The molecule has 4 nitrogen and oxygen atoms in total. The van der Waals surface area contributed by atoms with Crippen LogP contribution in [0.1, 0.15) is 22.3 Å². The third-order valence-corrected chi connectivity index (χ3v) is 4.87. The van der Waals surface area contributed by atoms with Gasteiger partial charge in [0.1, 0.15) is 6.10 Å². The lowest BCUT2D eigenvalue weighted by Crippen LogP contribution is -2.24. The van der Waals surface area contributed by atoms with Gasteiger partial charge in [-0.05, 0) is 48.7 Å². The van der Waals surface area contributed by atoms with E-state index in [4.69, 9.17) is 39.5 Å². The number of aryl methyl sites for hydroxylation is 1. The fraction of sp³-hybridized carbons (Fsp3) is 0.200. The molecule has 7 heteroatoms. The van der Waals surface area contributed by atoms with Gasteiger partial charge in [-0.25, -0.2) is 9.78 Å². The molecule has 3 aromatic rings. The van der Waals surface area contributed by atoms with Crippen LogP contribution in [0.5, 0.6) is 0 Å². The average molecular weight is 424 g/mol. The quantitative estimate of drug-likeness (QED) is 0.458. The van der Waals surface area contributed by atoms with Crippen LogP contribution in [0, 0.1) is 0 Å². The molecular weight excluding hydrogens is 407 g/mol. The summed E-state index contributed by atoms with van der Waals surface area (Å²) >= 11 is 18.0. The summed E-state index contributed by atoms with van der Waals surface area (Å²) in [4.78, 5) is 16.6. The monoisotopic (exact) mass is 422 g/mol. The number of benzene rings is 2. The van der Waals surface area contributed by atoms with Gasteiger partial charge >= 0.3 is 5.97 Å². The maximum absolute atomic E-state index is 12.6. The number of hydrogen-bond donors (Lipinski definition) is 0. The van der Waals surface area contributed by atoms with Crippen LogP contribution in [0.15, 0.2) is 61.2 Å². The van der Waals surface area contributed by atoms with Crippen LogP contribution in [-0.4, -0.2) is 21.6 Å². The Hall–Kier alpha value is -2.01. The molecule has 1 atom stereocenters. The normalized spacial score (nSPS) is 12.0. The Morgan fingerprint density at radius 2 is 1.81 bits per heavy atom. The number of esters is 1. The Labute approximate surface area is 172 Å². The molecule has 1 unspecified atom stereocenters.